The van der Waals surface area contributed by atoms with E-state index >= 15 is 0 Å². The van der Waals surface area contributed by atoms with Gasteiger partial charge >= 0.3 is 0 Å². The summed E-state index contributed by atoms with van der Waals surface area (Å²) in [6, 6.07) is 28.4. The molecule has 30 heavy (non-hydrogen) atoms. The fourth-order valence-corrected chi connectivity index (χ4v) is 3.68. The van der Waals surface area contributed by atoms with Gasteiger partial charge in [-0.2, -0.15) is 0 Å². The Kier molecular flexibility index (Phi) is 5.04. The Morgan fingerprint density at radius 3 is 1.17 bits per heavy atom. The Hall–Kier alpha value is -3.80. The molecule has 6 nitrogen and oxygen atoms in total. The largest absolute Gasteiger partial charge is 0.352 e. The summed E-state index contributed by atoms with van der Waals surface area (Å²) in [4.78, 5) is 4.54. The fourth-order valence-electron chi connectivity index (χ4n) is 3.68. The highest BCUT2D eigenvalue weighted by atomic mass is 15.3. The summed E-state index contributed by atoms with van der Waals surface area (Å²) in [5.74, 6) is 1.83. The van der Waals surface area contributed by atoms with Crippen molar-refractivity contribution in [2.75, 3.05) is 36.0 Å². The molecule has 0 radical (unpaired) electrons. The van der Waals surface area contributed by atoms with Gasteiger partial charge in [-0.3, -0.25) is 0 Å². The van der Waals surface area contributed by atoms with Gasteiger partial charge < -0.3 is 9.80 Å². The summed E-state index contributed by atoms with van der Waals surface area (Å²) >= 11 is 0. The molecule has 0 spiro atoms. The summed E-state index contributed by atoms with van der Waals surface area (Å²) in [7, 11) is 0. The van der Waals surface area contributed by atoms with Crippen molar-refractivity contribution in [3.05, 3.63) is 84.9 Å². The highest BCUT2D eigenvalue weighted by Crippen LogP contribution is 2.22. The number of benzene rings is 2. The average Bonchev–Trinajstić information content (AvgIpc) is 2.85. The van der Waals surface area contributed by atoms with E-state index in [-0.39, 0.29) is 0 Å². The molecule has 2 aromatic heterocycles. The van der Waals surface area contributed by atoms with Gasteiger partial charge in [-0.15, -0.1) is 20.4 Å². The van der Waals surface area contributed by atoms with Crippen LogP contribution >= 0.6 is 0 Å². The van der Waals surface area contributed by atoms with Crippen molar-refractivity contribution >= 4 is 11.6 Å². The van der Waals surface area contributed by atoms with E-state index in [0.717, 1.165) is 60.3 Å². The Labute approximate surface area is 175 Å². The first-order valence-corrected chi connectivity index (χ1v) is 10.1. The van der Waals surface area contributed by atoms with E-state index in [1.807, 2.05) is 72.8 Å². The number of nitrogens with zero attached hydrogens (tertiary/aromatic N) is 6. The molecule has 4 aromatic rings. The van der Waals surface area contributed by atoms with Crippen LogP contribution in [0.1, 0.15) is 0 Å². The first kappa shape index (κ1) is 18.2. The van der Waals surface area contributed by atoms with Gasteiger partial charge in [0.1, 0.15) is 0 Å². The van der Waals surface area contributed by atoms with Crippen LogP contribution in [0.25, 0.3) is 22.5 Å². The van der Waals surface area contributed by atoms with Crippen LogP contribution < -0.4 is 9.80 Å². The van der Waals surface area contributed by atoms with Crippen LogP contribution in [0.4, 0.5) is 11.6 Å². The summed E-state index contributed by atoms with van der Waals surface area (Å²) in [5.41, 5.74) is 3.95. The predicted molar refractivity (Wildman–Crippen MR) is 119 cm³/mol. The third-order valence-electron chi connectivity index (χ3n) is 5.37. The molecule has 0 aliphatic carbocycles. The van der Waals surface area contributed by atoms with E-state index in [4.69, 9.17) is 0 Å². The van der Waals surface area contributed by atoms with Gasteiger partial charge in [0.15, 0.2) is 11.6 Å². The van der Waals surface area contributed by atoms with Crippen molar-refractivity contribution in [3.63, 3.8) is 0 Å². The first-order chi connectivity index (χ1) is 14.9. The molecule has 3 heterocycles. The van der Waals surface area contributed by atoms with Crippen molar-refractivity contribution in [1.82, 2.24) is 20.4 Å². The molecule has 0 N–H and O–H groups in total. The zero-order chi connectivity index (χ0) is 20.2. The molecule has 0 atom stereocenters. The zero-order valence-corrected chi connectivity index (χ0v) is 16.6. The third-order valence-corrected chi connectivity index (χ3v) is 5.37. The van der Waals surface area contributed by atoms with Crippen molar-refractivity contribution in [3.8, 4) is 22.5 Å². The smallest absolute Gasteiger partial charge is 0.151 e. The van der Waals surface area contributed by atoms with E-state index in [1.165, 1.54) is 0 Å². The fraction of sp³-hybridized carbons (Fsp3) is 0.167. The molecule has 0 amide bonds. The van der Waals surface area contributed by atoms with Crippen LogP contribution in [-0.4, -0.2) is 46.6 Å². The van der Waals surface area contributed by atoms with Crippen LogP contribution in [0.5, 0.6) is 0 Å². The number of anilines is 2. The quantitative estimate of drug-likeness (QED) is 0.523. The van der Waals surface area contributed by atoms with Crippen LogP contribution in [-0.2, 0) is 0 Å². The number of hydrogen-bond acceptors (Lipinski definition) is 6. The van der Waals surface area contributed by atoms with Gasteiger partial charge in [-0.25, -0.2) is 0 Å². The Morgan fingerprint density at radius 1 is 0.433 bits per heavy atom. The average molecular weight is 394 g/mol. The van der Waals surface area contributed by atoms with Crippen molar-refractivity contribution in [2.45, 2.75) is 0 Å². The molecule has 1 aliphatic heterocycles. The number of rotatable bonds is 4. The maximum absolute atomic E-state index is 4.45. The van der Waals surface area contributed by atoms with Crippen molar-refractivity contribution in [1.29, 1.82) is 0 Å². The number of piperazine rings is 1. The molecule has 2 aromatic carbocycles. The van der Waals surface area contributed by atoms with Gasteiger partial charge in [-0.05, 0) is 24.3 Å². The van der Waals surface area contributed by atoms with E-state index < -0.39 is 0 Å². The summed E-state index contributed by atoms with van der Waals surface area (Å²) < 4.78 is 0. The van der Waals surface area contributed by atoms with Crippen LogP contribution in [0, 0.1) is 0 Å². The Bertz CT molecular complexity index is 983. The molecule has 1 aliphatic rings. The lowest BCUT2D eigenvalue weighted by atomic mass is 10.1. The van der Waals surface area contributed by atoms with E-state index in [1.54, 1.807) is 0 Å². The SMILES string of the molecule is c1ccc(-c2ccc(N3CCN(c4ccc(-c5ccccc5)nn4)CC3)nn2)cc1. The maximum atomic E-state index is 4.45. The highest BCUT2D eigenvalue weighted by molar-refractivity contribution is 5.60. The second kappa shape index (κ2) is 8.29. The molecule has 6 heteroatoms. The molecule has 0 bridgehead atoms. The molecule has 1 saturated heterocycles. The Morgan fingerprint density at radius 2 is 0.833 bits per heavy atom. The normalized spacial score (nSPS) is 14.0. The van der Waals surface area contributed by atoms with Gasteiger partial charge in [0.25, 0.3) is 0 Å². The standard InChI is InChI=1S/C24H22N6/c1-3-7-19(8-4-1)21-11-13-23(27-25-21)29-15-17-30(18-16-29)24-14-12-22(26-28-24)20-9-5-2-6-10-20/h1-14H,15-18H2. The summed E-state index contributed by atoms with van der Waals surface area (Å²) in [6.07, 6.45) is 0. The zero-order valence-electron chi connectivity index (χ0n) is 16.6. The molecule has 1 fully saturated rings. The maximum Gasteiger partial charge on any atom is 0.151 e. The molecule has 0 unspecified atom stereocenters. The number of hydrogen-bond donors (Lipinski definition) is 0. The second-order valence-electron chi connectivity index (χ2n) is 7.26. The summed E-state index contributed by atoms with van der Waals surface area (Å²) in [6.45, 7) is 3.51. The van der Waals surface area contributed by atoms with E-state index in [9.17, 15) is 0 Å². The van der Waals surface area contributed by atoms with Crippen LogP contribution in [0.3, 0.4) is 0 Å². The first-order valence-electron chi connectivity index (χ1n) is 10.1. The monoisotopic (exact) mass is 394 g/mol. The van der Waals surface area contributed by atoms with E-state index in [0.29, 0.717) is 0 Å². The lowest BCUT2D eigenvalue weighted by Gasteiger charge is -2.35. The highest BCUT2D eigenvalue weighted by Gasteiger charge is 2.20. The lowest BCUT2D eigenvalue weighted by Crippen LogP contribution is -2.47. The predicted octanol–water partition coefficient (Wildman–Crippen LogP) is 3.93. The third kappa shape index (κ3) is 3.85. The molecule has 5 rings (SSSR count). The van der Waals surface area contributed by atoms with Gasteiger partial charge in [0, 0.05) is 37.3 Å². The van der Waals surface area contributed by atoms with Gasteiger partial charge in [0.2, 0.25) is 0 Å². The summed E-state index contributed by atoms with van der Waals surface area (Å²) in [5, 5.41) is 17.7. The van der Waals surface area contributed by atoms with Crippen molar-refractivity contribution < 1.29 is 0 Å². The second-order valence-corrected chi connectivity index (χ2v) is 7.26. The topological polar surface area (TPSA) is 58.0 Å². The van der Waals surface area contributed by atoms with Crippen LogP contribution in [0.2, 0.25) is 0 Å². The molecular weight excluding hydrogens is 372 g/mol. The van der Waals surface area contributed by atoms with Crippen molar-refractivity contribution in [2.24, 2.45) is 0 Å². The Balaban J connectivity index is 1.22. The van der Waals surface area contributed by atoms with Gasteiger partial charge in [-0.1, -0.05) is 60.7 Å². The van der Waals surface area contributed by atoms with Gasteiger partial charge in [0.05, 0.1) is 11.4 Å². The molecule has 0 saturated carbocycles. The minimum absolute atomic E-state index is 0.876. The van der Waals surface area contributed by atoms with E-state index in [2.05, 4.69) is 42.3 Å². The lowest BCUT2D eigenvalue weighted by molar-refractivity contribution is 0.635. The molecular formula is C24H22N6. The molecule has 148 valence electrons. The van der Waals surface area contributed by atoms with Crippen LogP contribution in [0.15, 0.2) is 84.9 Å². The minimum Gasteiger partial charge on any atom is -0.352 e. The number of aromatic nitrogens is 4. The minimum atomic E-state index is 0.876.